The molecule has 0 heterocycles. The van der Waals surface area contributed by atoms with Crippen molar-refractivity contribution in [3.05, 3.63) is 77.3 Å². The standard InChI is InChI=1S/C24H27N3O8.C23H26IN3O7/c1-26(2)13-7-10(8-28)18(29)15-11(13)5-9-6-12-17(27(3)4)20(31)16(23(25)34)22(33)24(12,35)21(32)14(9)19(15)30;1-26(2)12-7-11(24)17(28)14-9(12)5-8-6-10-16(27(3)4)19(30)15(22(25)33)21(32)23(10,34)20(31)13(8)18(14)29/h7-9,12,17,29-30,33,35H,5-6H2,1-4H3,(H2,25,34);7-8,10,16,28-29,32,34H,5-6H2,1-4H3,(H2,25,33)/t9-,12-,17-,24-;8-,10-,16-,23-/m00/s1. The predicted molar refractivity (Wildman–Crippen MR) is 255 cm³/mol. The molecule has 69 heavy (non-hydrogen) atoms. The second kappa shape index (κ2) is 17.3. The maximum atomic E-state index is 13.8. The van der Waals surface area contributed by atoms with E-state index in [2.05, 4.69) is 0 Å². The van der Waals surface area contributed by atoms with Crippen LogP contribution in [0.1, 0.15) is 45.5 Å². The number of fused-ring (bicyclic) bond motifs is 6. The number of primary amides is 2. The number of ketones is 4. The van der Waals surface area contributed by atoms with Crippen molar-refractivity contribution in [3.8, 4) is 11.5 Å². The topological polar surface area (TPSA) is 346 Å². The summed E-state index contributed by atoms with van der Waals surface area (Å²) in [5.74, 6) is -13.8. The number of anilines is 2. The van der Waals surface area contributed by atoms with Crippen LogP contribution in [0.5, 0.6) is 11.5 Å². The van der Waals surface area contributed by atoms with E-state index in [1.165, 1.54) is 30.0 Å². The summed E-state index contributed by atoms with van der Waals surface area (Å²) in [6.07, 6.45) is 0.877. The summed E-state index contributed by atoms with van der Waals surface area (Å²) >= 11 is 1.92. The number of aromatic hydroxyl groups is 2. The average Bonchev–Trinajstić information content (AvgIpc) is 3.24. The van der Waals surface area contributed by atoms with Crippen molar-refractivity contribution in [1.82, 2.24) is 9.80 Å². The molecule has 2 fully saturated rings. The van der Waals surface area contributed by atoms with Gasteiger partial charge in [0.2, 0.25) is 11.6 Å². The Balaban J connectivity index is 0.000000204. The van der Waals surface area contributed by atoms with E-state index in [1.807, 2.05) is 41.6 Å². The summed E-state index contributed by atoms with van der Waals surface area (Å²) in [5, 5.41) is 88.7. The van der Waals surface area contributed by atoms with Crippen molar-refractivity contribution in [2.75, 3.05) is 66.2 Å². The quantitative estimate of drug-likeness (QED) is 0.102. The van der Waals surface area contributed by atoms with Crippen LogP contribution in [-0.2, 0) is 41.6 Å². The maximum absolute atomic E-state index is 13.8. The van der Waals surface area contributed by atoms with Gasteiger partial charge in [-0.1, -0.05) is 0 Å². The molecule has 2 aromatic rings. The second-order valence-corrected chi connectivity index (χ2v) is 20.3. The molecule has 0 radical (unpaired) electrons. The van der Waals surface area contributed by atoms with Gasteiger partial charge in [-0.25, -0.2) is 0 Å². The van der Waals surface area contributed by atoms with Crippen LogP contribution in [0.3, 0.4) is 0 Å². The third-order valence-electron chi connectivity index (χ3n) is 14.5. The number of carbonyl (C=O) groups excluding carboxylic acids is 7. The highest BCUT2D eigenvalue weighted by atomic mass is 127. The molecule has 368 valence electrons. The molecule has 2 aromatic carbocycles. The van der Waals surface area contributed by atoms with E-state index in [4.69, 9.17) is 11.5 Å². The summed E-state index contributed by atoms with van der Waals surface area (Å²) in [6, 6.07) is 0.998. The Bertz CT molecular complexity index is 2860. The number of carbonyl (C=O) groups is 7. The van der Waals surface area contributed by atoms with Crippen molar-refractivity contribution >= 4 is 86.7 Å². The zero-order valence-electron chi connectivity index (χ0n) is 38.8. The van der Waals surface area contributed by atoms with Crippen LogP contribution in [0.15, 0.2) is 45.9 Å². The predicted octanol–water partition coefficient (Wildman–Crippen LogP) is 0.477. The number of likely N-dealkylation sites (N-methyl/N-ethyl adjacent to an activating group) is 2. The van der Waals surface area contributed by atoms with Gasteiger partial charge in [-0.15, -0.1) is 0 Å². The van der Waals surface area contributed by atoms with Gasteiger partial charge in [0.05, 0.1) is 32.3 Å². The number of nitrogens with zero attached hydrogens (tertiary/aromatic N) is 4. The molecule has 0 saturated heterocycles. The summed E-state index contributed by atoms with van der Waals surface area (Å²) < 4.78 is 0.459. The zero-order chi connectivity index (χ0) is 51.6. The molecule has 0 unspecified atom stereocenters. The Hall–Kier alpha value is -6.34. The molecule has 12 N–H and O–H groups in total. The Morgan fingerprint density at radius 1 is 0.638 bits per heavy atom. The average molecular weight is 1070 g/mol. The van der Waals surface area contributed by atoms with Crippen LogP contribution in [-0.4, -0.2) is 172 Å². The fraction of sp³-hybridized carbons (Fsp3) is 0.426. The Kier molecular flexibility index (Phi) is 12.6. The van der Waals surface area contributed by atoms with Crippen LogP contribution in [0.25, 0.3) is 11.5 Å². The van der Waals surface area contributed by atoms with E-state index < -0.39 is 122 Å². The zero-order valence-corrected chi connectivity index (χ0v) is 40.9. The van der Waals surface area contributed by atoms with E-state index in [1.54, 1.807) is 39.2 Å². The summed E-state index contributed by atoms with van der Waals surface area (Å²) in [7, 11) is 13.3. The molecule has 22 heteroatoms. The van der Waals surface area contributed by atoms with E-state index in [0.29, 0.717) is 26.7 Å². The molecule has 0 aromatic heterocycles. The number of amides is 2. The molecule has 0 aliphatic heterocycles. The molecular weight excluding hydrogens is 1020 g/mol. The fourth-order valence-corrected chi connectivity index (χ4v) is 12.0. The smallest absolute Gasteiger partial charge is 0.255 e. The third-order valence-corrected chi connectivity index (χ3v) is 15.3. The lowest BCUT2D eigenvalue weighted by Gasteiger charge is -2.50. The van der Waals surface area contributed by atoms with Crippen molar-refractivity contribution in [1.29, 1.82) is 0 Å². The molecule has 6 aliphatic rings. The number of aldehydes is 1. The largest absolute Gasteiger partial charge is 0.508 e. The van der Waals surface area contributed by atoms with Gasteiger partial charge in [0.25, 0.3) is 11.8 Å². The highest BCUT2D eigenvalue weighted by Gasteiger charge is 2.66. The van der Waals surface area contributed by atoms with Crippen LogP contribution in [0.4, 0.5) is 11.4 Å². The lowest BCUT2D eigenvalue weighted by Crippen LogP contribution is -2.65. The van der Waals surface area contributed by atoms with Gasteiger partial charge in [0.1, 0.15) is 45.7 Å². The molecule has 8 atom stereocenters. The molecule has 6 aliphatic carbocycles. The number of phenols is 2. The van der Waals surface area contributed by atoms with Crippen LogP contribution < -0.4 is 21.3 Å². The van der Waals surface area contributed by atoms with E-state index in [-0.39, 0.29) is 59.3 Å². The number of nitrogens with two attached hydrogens (primary N) is 2. The van der Waals surface area contributed by atoms with Gasteiger partial charge in [-0.3, -0.25) is 43.4 Å². The molecule has 2 amide bonds. The van der Waals surface area contributed by atoms with Crippen LogP contribution >= 0.6 is 22.6 Å². The van der Waals surface area contributed by atoms with Crippen molar-refractivity contribution in [3.63, 3.8) is 0 Å². The molecule has 0 spiro atoms. The molecule has 21 nitrogen and oxygen atoms in total. The molecule has 0 bridgehead atoms. The lowest BCUT2D eigenvalue weighted by molar-refractivity contribution is -0.155. The van der Waals surface area contributed by atoms with Gasteiger partial charge >= 0.3 is 0 Å². The van der Waals surface area contributed by atoms with E-state index in [0.717, 1.165) is 5.69 Å². The maximum Gasteiger partial charge on any atom is 0.255 e. The van der Waals surface area contributed by atoms with Gasteiger partial charge in [0.15, 0.2) is 29.1 Å². The first-order valence-electron chi connectivity index (χ1n) is 21.6. The summed E-state index contributed by atoms with van der Waals surface area (Å²) in [6.45, 7) is 0. The van der Waals surface area contributed by atoms with Crippen molar-refractivity contribution in [2.45, 2.75) is 49.0 Å². The Labute approximate surface area is 408 Å². The van der Waals surface area contributed by atoms with Crippen molar-refractivity contribution < 1.29 is 74.4 Å². The molecule has 8 rings (SSSR count). The normalized spacial score (nSPS) is 28.3. The first-order chi connectivity index (χ1) is 32.0. The van der Waals surface area contributed by atoms with Gasteiger partial charge in [0, 0.05) is 62.5 Å². The van der Waals surface area contributed by atoms with Gasteiger partial charge in [-0.2, -0.15) is 0 Å². The minimum absolute atomic E-state index is 0.00513. The second-order valence-electron chi connectivity index (χ2n) is 19.1. The number of phenolic OH excluding ortho intramolecular Hbond substituents is 2. The van der Waals surface area contributed by atoms with Crippen LogP contribution in [0.2, 0.25) is 0 Å². The number of aliphatic hydroxyl groups is 6. The van der Waals surface area contributed by atoms with E-state index >= 15 is 0 Å². The number of rotatable bonds is 7. The first-order valence-corrected chi connectivity index (χ1v) is 22.6. The molecular formula is C47H53IN6O15. The SMILES string of the molecule is CN(C)c1cc(C=O)c(O)c2c1C[C@H]1C[C@H]3[C@H](N(C)C)C(=O)C(C(N)=O)=C(O)[C@@]3(O)C(=O)C1=C2O.CN(C)c1cc(I)c(O)c2c1C[C@H]1C[C@H]3[C@H](N(C)C)C(=O)C(C(N)=O)=C(O)[C@@]3(O)C(=O)C1=C2O. The molecule has 2 saturated carbocycles. The van der Waals surface area contributed by atoms with E-state index in [9.17, 15) is 74.4 Å². The number of Topliss-reactive ketones (excluding diaryl/α,β-unsaturated/α-hetero) is 4. The Morgan fingerprint density at radius 2 is 1.00 bits per heavy atom. The lowest BCUT2D eigenvalue weighted by atomic mass is 9.57. The van der Waals surface area contributed by atoms with Crippen LogP contribution in [0, 0.1) is 27.2 Å². The highest BCUT2D eigenvalue weighted by molar-refractivity contribution is 14.1. The number of hydrogen-bond acceptors (Lipinski definition) is 19. The summed E-state index contributed by atoms with van der Waals surface area (Å²) in [4.78, 5) is 95.7. The highest BCUT2D eigenvalue weighted by Crippen LogP contribution is 2.56. The minimum atomic E-state index is -2.70. The number of halogens is 1. The number of benzene rings is 2. The third kappa shape index (κ3) is 7.11. The summed E-state index contributed by atoms with van der Waals surface area (Å²) in [5.41, 5.74) is 5.46. The number of hydrogen-bond donors (Lipinski definition) is 10. The van der Waals surface area contributed by atoms with Crippen molar-refractivity contribution in [2.24, 2.45) is 35.1 Å². The Morgan fingerprint density at radius 3 is 1.33 bits per heavy atom. The number of aliphatic hydroxyl groups excluding tert-OH is 4. The first kappa shape index (κ1) is 50.5. The monoisotopic (exact) mass is 1070 g/mol. The van der Waals surface area contributed by atoms with Gasteiger partial charge < -0.3 is 62.1 Å². The van der Waals surface area contributed by atoms with Gasteiger partial charge in [-0.05, 0) is 112 Å². The minimum Gasteiger partial charge on any atom is -0.508 e. The fourth-order valence-electron chi connectivity index (χ4n) is 11.5.